The van der Waals surface area contributed by atoms with E-state index in [2.05, 4.69) is 28.8 Å². The summed E-state index contributed by atoms with van der Waals surface area (Å²) in [7, 11) is 3.25. The fourth-order valence-electron chi connectivity index (χ4n) is 5.37. The zero-order chi connectivity index (χ0) is 39.9. The highest BCUT2D eigenvalue weighted by Crippen LogP contribution is 2.25. The average Bonchev–Trinajstić information content (AvgIpc) is 3.09. The number of ether oxygens (including phenoxy) is 4. The Kier molecular flexibility index (Phi) is 28.2. The number of allylic oxidation sites excluding steroid dienone is 1. The number of methoxy groups -OCH3 is 1. The van der Waals surface area contributed by atoms with Crippen LogP contribution in [0.4, 0.5) is 0 Å². The summed E-state index contributed by atoms with van der Waals surface area (Å²) >= 11 is 0. The summed E-state index contributed by atoms with van der Waals surface area (Å²) in [6.45, 7) is 10.6. The summed E-state index contributed by atoms with van der Waals surface area (Å²) in [4.78, 5) is 63.0. The summed E-state index contributed by atoms with van der Waals surface area (Å²) in [5, 5.41) is 2.82. The molecule has 1 aromatic rings. The van der Waals surface area contributed by atoms with Crippen LogP contribution in [-0.2, 0) is 44.6 Å². The minimum Gasteiger partial charge on any atom is -0.481 e. The van der Waals surface area contributed by atoms with E-state index in [-0.39, 0.29) is 26.1 Å². The molecule has 0 aliphatic carbocycles. The Hall–Kier alpha value is -3.97. The third-order valence-corrected chi connectivity index (χ3v) is 8.02. The summed E-state index contributed by atoms with van der Waals surface area (Å²) in [6, 6.07) is 6.36. The van der Waals surface area contributed by atoms with Crippen molar-refractivity contribution in [1.29, 1.82) is 0 Å². The quantitative estimate of drug-likeness (QED) is 0.0330. The molecular formula is C43H67NO9. The molecule has 0 bridgehead atoms. The van der Waals surface area contributed by atoms with Crippen molar-refractivity contribution in [3.8, 4) is 17.6 Å². The molecule has 1 aromatic carbocycles. The lowest BCUT2D eigenvalue weighted by molar-refractivity contribution is -0.164. The van der Waals surface area contributed by atoms with Gasteiger partial charge in [0.1, 0.15) is 30.0 Å². The predicted octanol–water partition coefficient (Wildman–Crippen LogP) is 7.93. The molecule has 0 saturated carbocycles. The van der Waals surface area contributed by atoms with Gasteiger partial charge >= 0.3 is 11.9 Å². The van der Waals surface area contributed by atoms with Crippen molar-refractivity contribution in [3.63, 3.8) is 0 Å². The molecule has 0 saturated heterocycles. The SMILES string of the molecule is CC#CCOc1ccc(C[C@@H](C=O)NC(=O)[C@@H](/C=C/CCCCCCC(=O)CCCCCCC)[C@@H](CCOC(C)=O)C(=O)OC(C)(C)C)cc1.COC. The van der Waals surface area contributed by atoms with Gasteiger partial charge in [-0.25, -0.2) is 0 Å². The van der Waals surface area contributed by atoms with E-state index in [1.54, 1.807) is 60.1 Å². The molecule has 0 heterocycles. The molecule has 0 aliphatic rings. The Morgan fingerprint density at radius 3 is 2.06 bits per heavy atom. The average molecular weight is 742 g/mol. The van der Waals surface area contributed by atoms with Crippen molar-refractivity contribution in [3.05, 3.63) is 42.0 Å². The summed E-state index contributed by atoms with van der Waals surface area (Å²) < 4.78 is 20.6. The standard InChI is InChI=1S/C41H61NO8.C2H6O/c1-7-9-11-14-17-20-35(45)21-18-15-12-13-16-19-22-37(38(27-29-48-32(3)44)40(47)50-41(4,5)6)39(46)42-34(31-43)30-33-23-25-36(26-24-33)49-28-10-8-2;1-3-2/h19,22-26,31,34,37-38H,7,9,11-18,20-21,27-30H2,1-6H3,(H,42,46);1-2H3/b22-19+;/t34-,37-,38+;/m0./s1. The van der Waals surface area contributed by atoms with Gasteiger partial charge in [0.25, 0.3) is 0 Å². The normalized spacial score (nSPS) is 12.6. The number of hydrogen-bond donors (Lipinski definition) is 1. The van der Waals surface area contributed by atoms with Crippen molar-refractivity contribution >= 4 is 29.9 Å². The molecule has 0 fully saturated rings. The lowest BCUT2D eigenvalue weighted by Crippen LogP contribution is -2.45. The number of nitrogens with one attached hydrogen (secondary N) is 1. The maximum atomic E-state index is 13.8. The topological polar surface area (TPSA) is 134 Å². The first kappa shape index (κ1) is 49.0. The zero-order valence-corrected chi connectivity index (χ0v) is 33.8. The number of Topliss-reactive ketones (excluding diaryl/α,β-unsaturated/α-hetero) is 1. The number of hydrogen-bond acceptors (Lipinski definition) is 9. The third kappa shape index (κ3) is 26.4. The third-order valence-electron chi connectivity index (χ3n) is 8.02. The second-order valence-corrected chi connectivity index (χ2v) is 14.1. The number of benzene rings is 1. The van der Waals surface area contributed by atoms with Gasteiger partial charge in [-0.2, -0.15) is 0 Å². The van der Waals surface area contributed by atoms with Gasteiger partial charge in [-0.1, -0.05) is 75.7 Å². The second-order valence-electron chi connectivity index (χ2n) is 14.1. The van der Waals surface area contributed by atoms with Crippen LogP contribution < -0.4 is 10.1 Å². The molecule has 53 heavy (non-hydrogen) atoms. The number of amides is 1. The number of ketones is 1. The number of carbonyl (C=O) groups excluding carboxylic acids is 5. The molecule has 10 heteroatoms. The number of unbranched alkanes of at least 4 members (excludes halogenated alkanes) is 8. The Balaban J connectivity index is 0.00000869. The van der Waals surface area contributed by atoms with Crippen LogP contribution in [0.5, 0.6) is 5.75 Å². The summed E-state index contributed by atoms with van der Waals surface area (Å²) in [5.74, 6) is 3.10. The molecule has 3 atom stereocenters. The molecule has 0 spiro atoms. The van der Waals surface area contributed by atoms with Crippen LogP contribution >= 0.6 is 0 Å². The molecule has 1 N–H and O–H groups in total. The Morgan fingerprint density at radius 1 is 0.906 bits per heavy atom. The van der Waals surface area contributed by atoms with E-state index in [1.165, 1.54) is 26.2 Å². The number of aldehydes is 1. The molecule has 0 unspecified atom stereocenters. The van der Waals surface area contributed by atoms with Crippen LogP contribution in [0.15, 0.2) is 36.4 Å². The van der Waals surface area contributed by atoms with Gasteiger partial charge in [0.15, 0.2) is 0 Å². The highest BCUT2D eigenvalue weighted by molar-refractivity contribution is 5.88. The minimum atomic E-state index is -0.965. The lowest BCUT2D eigenvalue weighted by Gasteiger charge is -2.28. The van der Waals surface area contributed by atoms with E-state index in [1.807, 2.05) is 18.2 Å². The molecule has 0 aromatic heterocycles. The monoisotopic (exact) mass is 741 g/mol. The molecule has 1 amide bonds. The summed E-state index contributed by atoms with van der Waals surface area (Å²) in [6.07, 6.45) is 15.9. The van der Waals surface area contributed by atoms with Crippen molar-refractivity contribution in [2.75, 3.05) is 27.4 Å². The molecule has 0 aliphatic heterocycles. The maximum Gasteiger partial charge on any atom is 0.310 e. The Labute approximate surface area is 319 Å². The van der Waals surface area contributed by atoms with Crippen LogP contribution in [0.1, 0.15) is 131 Å². The number of carbonyl (C=O) groups is 5. The van der Waals surface area contributed by atoms with Crippen molar-refractivity contribution in [1.82, 2.24) is 5.32 Å². The molecule has 0 radical (unpaired) electrons. The van der Waals surface area contributed by atoms with E-state index >= 15 is 0 Å². The lowest BCUT2D eigenvalue weighted by atomic mass is 9.87. The zero-order valence-electron chi connectivity index (χ0n) is 33.8. The van der Waals surface area contributed by atoms with E-state index < -0.39 is 41.3 Å². The maximum absolute atomic E-state index is 13.8. The van der Waals surface area contributed by atoms with Gasteiger partial charge < -0.3 is 29.1 Å². The first-order valence-corrected chi connectivity index (χ1v) is 19.1. The largest absolute Gasteiger partial charge is 0.481 e. The predicted molar refractivity (Wildman–Crippen MR) is 209 cm³/mol. The van der Waals surface area contributed by atoms with Crippen LogP contribution in [0.25, 0.3) is 0 Å². The van der Waals surface area contributed by atoms with Crippen LogP contribution in [0, 0.1) is 23.7 Å². The van der Waals surface area contributed by atoms with Crippen LogP contribution in [0.2, 0.25) is 0 Å². The van der Waals surface area contributed by atoms with Crippen molar-refractivity contribution < 1.29 is 42.9 Å². The highest BCUT2D eigenvalue weighted by atomic mass is 16.6. The van der Waals surface area contributed by atoms with Gasteiger partial charge in [-0.3, -0.25) is 19.2 Å². The number of esters is 2. The van der Waals surface area contributed by atoms with E-state index in [4.69, 9.17) is 14.2 Å². The number of rotatable bonds is 26. The van der Waals surface area contributed by atoms with E-state index in [0.717, 1.165) is 44.1 Å². The first-order valence-electron chi connectivity index (χ1n) is 19.1. The van der Waals surface area contributed by atoms with Gasteiger partial charge in [0, 0.05) is 34.0 Å². The van der Waals surface area contributed by atoms with E-state index in [0.29, 0.717) is 37.1 Å². The van der Waals surface area contributed by atoms with Crippen molar-refractivity contribution in [2.24, 2.45) is 11.8 Å². The highest BCUT2D eigenvalue weighted by Gasteiger charge is 2.36. The molecular weight excluding hydrogens is 674 g/mol. The van der Waals surface area contributed by atoms with Gasteiger partial charge in [0.05, 0.1) is 24.5 Å². The minimum absolute atomic E-state index is 0.0658. The van der Waals surface area contributed by atoms with Gasteiger partial charge in [-0.05, 0) is 83.9 Å². The van der Waals surface area contributed by atoms with Gasteiger partial charge in [0.2, 0.25) is 5.91 Å². The van der Waals surface area contributed by atoms with Crippen LogP contribution in [-0.4, -0.2) is 69.0 Å². The Bertz CT molecular complexity index is 1270. The first-order chi connectivity index (χ1) is 25.3. The van der Waals surface area contributed by atoms with Gasteiger partial charge in [-0.15, -0.1) is 5.92 Å². The summed E-state index contributed by atoms with van der Waals surface area (Å²) in [5.41, 5.74) is 0.0121. The van der Waals surface area contributed by atoms with Crippen molar-refractivity contribution in [2.45, 2.75) is 143 Å². The molecule has 10 nitrogen and oxygen atoms in total. The van der Waals surface area contributed by atoms with E-state index in [9.17, 15) is 24.0 Å². The molecule has 298 valence electrons. The fraction of sp³-hybridized carbons (Fsp3) is 0.651. The Morgan fingerprint density at radius 2 is 1.51 bits per heavy atom. The second kappa shape index (κ2) is 30.5. The molecule has 1 rings (SSSR count). The smallest absolute Gasteiger partial charge is 0.310 e. The van der Waals surface area contributed by atoms with Crippen LogP contribution in [0.3, 0.4) is 0 Å². The fourth-order valence-corrected chi connectivity index (χ4v) is 5.37.